The van der Waals surface area contributed by atoms with Crippen molar-refractivity contribution in [3.8, 4) is 0 Å². The maximum absolute atomic E-state index is 13.5. The molecule has 0 saturated carbocycles. The van der Waals surface area contributed by atoms with Crippen molar-refractivity contribution in [3.05, 3.63) is 34.6 Å². The molecule has 0 amide bonds. The second-order valence-corrected chi connectivity index (χ2v) is 5.92. The van der Waals surface area contributed by atoms with Crippen LogP contribution in [0.25, 0.3) is 0 Å². The van der Waals surface area contributed by atoms with E-state index in [1.165, 1.54) is 6.07 Å². The maximum atomic E-state index is 13.5. The van der Waals surface area contributed by atoms with Gasteiger partial charge in [0.1, 0.15) is 5.82 Å². The summed E-state index contributed by atoms with van der Waals surface area (Å²) in [5.74, 6) is -0.353. The van der Waals surface area contributed by atoms with Gasteiger partial charge in [-0.25, -0.2) is 4.39 Å². The summed E-state index contributed by atoms with van der Waals surface area (Å²) in [6.07, 6.45) is 0. The van der Waals surface area contributed by atoms with E-state index in [0.717, 1.165) is 38.4 Å². The van der Waals surface area contributed by atoms with E-state index in [9.17, 15) is 4.39 Å². The number of ether oxygens (including phenoxy) is 1. The van der Waals surface area contributed by atoms with Gasteiger partial charge in [0.15, 0.2) is 0 Å². The number of hydrogen-bond acceptors (Lipinski definition) is 3. The van der Waals surface area contributed by atoms with Crippen LogP contribution in [0.15, 0.2) is 18.2 Å². The van der Waals surface area contributed by atoms with Crippen molar-refractivity contribution in [1.29, 1.82) is 0 Å². The standard InChI is InChI=1S/C15H22ClFN2O/c1-11(2)18-8-13-10-20-6-5-19(13)9-12-3-4-14(16)15(17)7-12/h3-4,7,11,13,18H,5-6,8-10H2,1-2H3. The third kappa shape index (κ3) is 4.42. The van der Waals surface area contributed by atoms with Gasteiger partial charge in [-0.1, -0.05) is 31.5 Å². The molecule has 1 N–H and O–H groups in total. The largest absolute Gasteiger partial charge is 0.378 e. The zero-order chi connectivity index (χ0) is 14.5. The van der Waals surface area contributed by atoms with Gasteiger partial charge in [0.05, 0.1) is 18.2 Å². The molecule has 2 rings (SSSR count). The molecule has 1 unspecified atom stereocenters. The quantitative estimate of drug-likeness (QED) is 0.905. The number of rotatable bonds is 5. The van der Waals surface area contributed by atoms with Crippen molar-refractivity contribution < 1.29 is 9.13 Å². The van der Waals surface area contributed by atoms with Crippen molar-refractivity contribution >= 4 is 11.6 Å². The molecule has 0 bridgehead atoms. The van der Waals surface area contributed by atoms with Crippen molar-refractivity contribution in [2.45, 2.75) is 32.5 Å². The predicted molar refractivity (Wildman–Crippen MR) is 79.6 cm³/mol. The Kier molecular flexibility index (Phi) is 5.78. The topological polar surface area (TPSA) is 24.5 Å². The normalized spacial score (nSPS) is 20.6. The van der Waals surface area contributed by atoms with Gasteiger partial charge in [0.25, 0.3) is 0 Å². The summed E-state index contributed by atoms with van der Waals surface area (Å²) in [5.41, 5.74) is 0.948. The molecule has 0 radical (unpaired) electrons. The number of morpholine rings is 1. The minimum atomic E-state index is -0.353. The lowest BCUT2D eigenvalue weighted by molar-refractivity contribution is -0.0115. The van der Waals surface area contributed by atoms with E-state index < -0.39 is 0 Å². The molecule has 112 valence electrons. The molecule has 3 nitrogen and oxygen atoms in total. The van der Waals surface area contributed by atoms with E-state index in [-0.39, 0.29) is 10.8 Å². The molecule has 20 heavy (non-hydrogen) atoms. The second-order valence-electron chi connectivity index (χ2n) is 5.51. The summed E-state index contributed by atoms with van der Waals surface area (Å²) in [6, 6.07) is 5.80. The Morgan fingerprint density at radius 2 is 2.30 bits per heavy atom. The Morgan fingerprint density at radius 3 is 3.00 bits per heavy atom. The number of nitrogens with one attached hydrogen (secondary N) is 1. The van der Waals surface area contributed by atoms with Crippen LogP contribution in [0.2, 0.25) is 5.02 Å². The fourth-order valence-corrected chi connectivity index (χ4v) is 2.45. The molecule has 1 heterocycles. The smallest absolute Gasteiger partial charge is 0.142 e. The van der Waals surface area contributed by atoms with Crippen LogP contribution < -0.4 is 5.32 Å². The lowest BCUT2D eigenvalue weighted by atomic mass is 10.1. The third-order valence-electron chi connectivity index (χ3n) is 3.48. The van der Waals surface area contributed by atoms with Crippen molar-refractivity contribution in [2.24, 2.45) is 0 Å². The van der Waals surface area contributed by atoms with E-state index in [0.29, 0.717) is 12.1 Å². The molecule has 1 aliphatic heterocycles. The molecule has 1 aromatic carbocycles. The first-order valence-corrected chi connectivity index (χ1v) is 7.43. The van der Waals surface area contributed by atoms with E-state index >= 15 is 0 Å². The lowest BCUT2D eigenvalue weighted by Crippen LogP contribution is -2.50. The highest BCUT2D eigenvalue weighted by Gasteiger charge is 2.23. The summed E-state index contributed by atoms with van der Waals surface area (Å²) >= 11 is 5.72. The molecule has 1 saturated heterocycles. The van der Waals surface area contributed by atoms with Crippen LogP contribution in [0.4, 0.5) is 4.39 Å². The molecule has 0 spiro atoms. The van der Waals surface area contributed by atoms with E-state index in [2.05, 4.69) is 24.1 Å². The molecule has 5 heteroatoms. The molecule has 0 aromatic heterocycles. The van der Waals surface area contributed by atoms with Gasteiger partial charge in [-0.05, 0) is 17.7 Å². The Balaban J connectivity index is 1.98. The lowest BCUT2D eigenvalue weighted by Gasteiger charge is -2.36. The van der Waals surface area contributed by atoms with Crippen molar-refractivity contribution in [1.82, 2.24) is 10.2 Å². The zero-order valence-electron chi connectivity index (χ0n) is 12.0. The molecular formula is C15H22ClFN2O. The van der Waals surface area contributed by atoms with Gasteiger partial charge in [0, 0.05) is 31.7 Å². The Bertz CT molecular complexity index is 442. The van der Waals surface area contributed by atoms with Crippen LogP contribution in [0, 0.1) is 5.82 Å². The Labute approximate surface area is 125 Å². The van der Waals surface area contributed by atoms with Gasteiger partial charge in [0.2, 0.25) is 0 Å². The minimum Gasteiger partial charge on any atom is -0.378 e. The maximum Gasteiger partial charge on any atom is 0.142 e. The fourth-order valence-electron chi connectivity index (χ4n) is 2.33. The number of benzene rings is 1. The van der Waals surface area contributed by atoms with E-state index in [4.69, 9.17) is 16.3 Å². The van der Waals surface area contributed by atoms with Crippen LogP contribution in [0.3, 0.4) is 0 Å². The van der Waals surface area contributed by atoms with Crippen LogP contribution in [0.5, 0.6) is 0 Å². The average molecular weight is 301 g/mol. The minimum absolute atomic E-state index is 0.175. The monoisotopic (exact) mass is 300 g/mol. The van der Waals surface area contributed by atoms with E-state index in [1.54, 1.807) is 6.07 Å². The molecule has 0 aliphatic carbocycles. The zero-order valence-corrected chi connectivity index (χ0v) is 12.8. The van der Waals surface area contributed by atoms with Crippen LogP contribution in [-0.2, 0) is 11.3 Å². The fraction of sp³-hybridized carbons (Fsp3) is 0.600. The number of halogens is 2. The number of nitrogens with zero attached hydrogens (tertiary/aromatic N) is 1. The average Bonchev–Trinajstić information content (AvgIpc) is 2.42. The summed E-state index contributed by atoms with van der Waals surface area (Å²) < 4.78 is 19.0. The van der Waals surface area contributed by atoms with Gasteiger partial charge >= 0.3 is 0 Å². The Morgan fingerprint density at radius 1 is 1.50 bits per heavy atom. The third-order valence-corrected chi connectivity index (χ3v) is 3.79. The van der Waals surface area contributed by atoms with E-state index in [1.807, 2.05) is 6.07 Å². The van der Waals surface area contributed by atoms with Crippen molar-refractivity contribution in [3.63, 3.8) is 0 Å². The first-order valence-electron chi connectivity index (χ1n) is 7.05. The summed E-state index contributed by atoms with van der Waals surface area (Å²) in [4.78, 5) is 2.33. The SMILES string of the molecule is CC(C)NCC1COCCN1Cc1ccc(Cl)c(F)c1. The van der Waals surface area contributed by atoms with Gasteiger partial charge < -0.3 is 10.1 Å². The summed E-state index contributed by atoms with van der Waals surface area (Å²) in [6.45, 7) is 8.18. The summed E-state index contributed by atoms with van der Waals surface area (Å²) in [5, 5.41) is 3.61. The molecule has 1 atom stereocenters. The molecule has 1 fully saturated rings. The summed E-state index contributed by atoms with van der Waals surface area (Å²) in [7, 11) is 0. The van der Waals surface area contributed by atoms with Crippen LogP contribution in [-0.4, -0.2) is 43.3 Å². The van der Waals surface area contributed by atoms with Crippen LogP contribution >= 0.6 is 11.6 Å². The highest BCUT2D eigenvalue weighted by atomic mass is 35.5. The first kappa shape index (κ1) is 15.7. The second kappa shape index (κ2) is 7.36. The Hall–Kier alpha value is -0.680. The number of hydrogen-bond donors (Lipinski definition) is 1. The van der Waals surface area contributed by atoms with Gasteiger partial charge in [-0.15, -0.1) is 0 Å². The highest BCUT2D eigenvalue weighted by Crippen LogP contribution is 2.18. The molecule has 1 aromatic rings. The van der Waals surface area contributed by atoms with Gasteiger partial charge in [-0.2, -0.15) is 0 Å². The molecular weight excluding hydrogens is 279 g/mol. The van der Waals surface area contributed by atoms with Crippen LogP contribution in [0.1, 0.15) is 19.4 Å². The van der Waals surface area contributed by atoms with Crippen molar-refractivity contribution in [2.75, 3.05) is 26.3 Å². The first-order chi connectivity index (χ1) is 9.56. The van der Waals surface area contributed by atoms with Gasteiger partial charge in [-0.3, -0.25) is 4.90 Å². The molecule has 1 aliphatic rings. The predicted octanol–water partition coefficient (Wildman–Crippen LogP) is 2.68. The highest BCUT2D eigenvalue weighted by molar-refractivity contribution is 6.30.